The van der Waals surface area contributed by atoms with Crippen LogP contribution in [0.4, 0.5) is 0 Å². The Bertz CT molecular complexity index is 327. The molecule has 1 aromatic rings. The van der Waals surface area contributed by atoms with Crippen molar-refractivity contribution in [3.63, 3.8) is 0 Å². The third kappa shape index (κ3) is 2.13. The van der Waals surface area contributed by atoms with Crippen molar-refractivity contribution in [3.8, 4) is 5.75 Å². The molecule has 2 unspecified atom stereocenters. The molecule has 0 amide bonds. The lowest BCUT2D eigenvalue weighted by atomic mass is 9.98. The fourth-order valence-electron chi connectivity index (χ4n) is 2.12. The number of ether oxygens (including phenoxy) is 1. The average molecular weight is 206 g/mol. The Morgan fingerprint density at radius 2 is 1.93 bits per heavy atom. The molecule has 3 heteroatoms. The monoisotopic (exact) mass is 206 g/mol. The third-order valence-corrected chi connectivity index (χ3v) is 2.93. The molecular formula is C12H18N2O. The van der Waals surface area contributed by atoms with Crippen molar-refractivity contribution in [2.24, 2.45) is 0 Å². The van der Waals surface area contributed by atoms with E-state index in [4.69, 9.17) is 4.74 Å². The third-order valence-electron chi connectivity index (χ3n) is 2.93. The molecule has 82 valence electrons. The molecule has 0 spiro atoms. The van der Waals surface area contributed by atoms with Gasteiger partial charge in [0.05, 0.1) is 13.2 Å². The van der Waals surface area contributed by atoms with E-state index in [0.29, 0.717) is 12.1 Å². The van der Waals surface area contributed by atoms with E-state index in [0.717, 1.165) is 18.8 Å². The number of hydrogen-bond donors (Lipinski definition) is 2. The highest BCUT2D eigenvalue weighted by molar-refractivity contribution is 5.36. The zero-order chi connectivity index (χ0) is 10.7. The van der Waals surface area contributed by atoms with Crippen LogP contribution in [0.2, 0.25) is 0 Å². The zero-order valence-corrected chi connectivity index (χ0v) is 9.29. The van der Waals surface area contributed by atoms with Gasteiger partial charge in [-0.25, -0.2) is 0 Å². The highest BCUT2D eigenvalue weighted by Crippen LogP contribution is 2.27. The Morgan fingerprint density at radius 1 is 1.20 bits per heavy atom. The Kier molecular flexibility index (Phi) is 3.23. The van der Waals surface area contributed by atoms with Crippen LogP contribution in [-0.2, 0) is 0 Å². The lowest BCUT2D eigenvalue weighted by molar-refractivity contribution is 0.330. The molecule has 0 aromatic heterocycles. The number of methoxy groups -OCH3 is 1. The molecule has 0 bridgehead atoms. The fourth-order valence-corrected chi connectivity index (χ4v) is 2.12. The van der Waals surface area contributed by atoms with E-state index in [9.17, 15) is 0 Å². The largest absolute Gasteiger partial charge is 0.496 e. The zero-order valence-electron chi connectivity index (χ0n) is 9.29. The van der Waals surface area contributed by atoms with Crippen molar-refractivity contribution in [2.45, 2.75) is 19.0 Å². The van der Waals surface area contributed by atoms with Gasteiger partial charge in [0.25, 0.3) is 0 Å². The summed E-state index contributed by atoms with van der Waals surface area (Å²) in [7, 11) is 1.72. The quantitative estimate of drug-likeness (QED) is 0.765. The van der Waals surface area contributed by atoms with Gasteiger partial charge in [-0.1, -0.05) is 18.2 Å². The lowest BCUT2D eigenvalue weighted by Crippen LogP contribution is -2.49. The summed E-state index contributed by atoms with van der Waals surface area (Å²) < 4.78 is 5.38. The Balaban J connectivity index is 2.26. The van der Waals surface area contributed by atoms with Gasteiger partial charge in [0.2, 0.25) is 0 Å². The Morgan fingerprint density at radius 3 is 2.67 bits per heavy atom. The molecule has 1 aliphatic rings. The Labute approximate surface area is 90.8 Å². The fraction of sp³-hybridized carbons (Fsp3) is 0.500. The summed E-state index contributed by atoms with van der Waals surface area (Å²) in [6.07, 6.45) is 0. The number of para-hydroxylation sites is 1. The van der Waals surface area contributed by atoms with Gasteiger partial charge in [-0.15, -0.1) is 0 Å². The Hall–Kier alpha value is -1.06. The van der Waals surface area contributed by atoms with E-state index in [1.807, 2.05) is 12.1 Å². The van der Waals surface area contributed by atoms with E-state index in [1.54, 1.807) is 7.11 Å². The number of benzene rings is 1. The molecule has 0 aliphatic carbocycles. The smallest absolute Gasteiger partial charge is 0.123 e. The van der Waals surface area contributed by atoms with Crippen molar-refractivity contribution in [2.75, 3.05) is 20.2 Å². The van der Waals surface area contributed by atoms with Crippen molar-refractivity contribution in [3.05, 3.63) is 29.8 Å². The van der Waals surface area contributed by atoms with Gasteiger partial charge in [0, 0.05) is 24.7 Å². The van der Waals surface area contributed by atoms with E-state index < -0.39 is 0 Å². The molecule has 0 saturated carbocycles. The summed E-state index contributed by atoms with van der Waals surface area (Å²) in [5.41, 5.74) is 1.24. The van der Waals surface area contributed by atoms with Crippen LogP contribution in [0.5, 0.6) is 5.75 Å². The summed E-state index contributed by atoms with van der Waals surface area (Å²) in [5, 5.41) is 6.98. The summed E-state index contributed by atoms with van der Waals surface area (Å²) in [6, 6.07) is 8.98. The predicted molar refractivity (Wildman–Crippen MR) is 61.2 cm³/mol. The molecule has 1 heterocycles. The highest BCUT2D eigenvalue weighted by atomic mass is 16.5. The second kappa shape index (κ2) is 4.64. The lowest BCUT2D eigenvalue weighted by Gasteiger charge is -2.32. The topological polar surface area (TPSA) is 33.3 Å². The maximum Gasteiger partial charge on any atom is 0.123 e. The van der Waals surface area contributed by atoms with Gasteiger partial charge in [0.15, 0.2) is 0 Å². The van der Waals surface area contributed by atoms with Crippen LogP contribution in [0, 0.1) is 0 Å². The first-order valence-corrected chi connectivity index (χ1v) is 5.42. The van der Waals surface area contributed by atoms with Crippen LogP contribution in [0.1, 0.15) is 18.5 Å². The minimum Gasteiger partial charge on any atom is -0.496 e. The summed E-state index contributed by atoms with van der Waals surface area (Å²) in [5.74, 6) is 0.963. The van der Waals surface area contributed by atoms with E-state index in [-0.39, 0.29) is 0 Å². The van der Waals surface area contributed by atoms with Crippen LogP contribution < -0.4 is 15.4 Å². The van der Waals surface area contributed by atoms with E-state index in [1.165, 1.54) is 5.56 Å². The summed E-state index contributed by atoms with van der Waals surface area (Å²) in [4.78, 5) is 0. The van der Waals surface area contributed by atoms with E-state index >= 15 is 0 Å². The minimum absolute atomic E-state index is 0.342. The standard InChI is InChI=1S/C12H18N2O/c1-9-12(14-8-7-13-9)10-5-3-4-6-11(10)15-2/h3-6,9,12-14H,7-8H2,1-2H3. The second-order valence-corrected chi connectivity index (χ2v) is 3.92. The highest BCUT2D eigenvalue weighted by Gasteiger charge is 2.24. The molecular weight excluding hydrogens is 188 g/mol. The number of hydrogen-bond acceptors (Lipinski definition) is 3. The average Bonchev–Trinajstić information content (AvgIpc) is 2.30. The van der Waals surface area contributed by atoms with Gasteiger partial charge < -0.3 is 15.4 Å². The van der Waals surface area contributed by atoms with E-state index in [2.05, 4.69) is 29.7 Å². The minimum atomic E-state index is 0.342. The second-order valence-electron chi connectivity index (χ2n) is 3.92. The molecule has 2 rings (SSSR count). The molecule has 1 saturated heterocycles. The van der Waals surface area contributed by atoms with Crippen molar-refractivity contribution in [1.29, 1.82) is 0 Å². The molecule has 2 atom stereocenters. The SMILES string of the molecule is COc1ccccc1C1NCCNC1C. The van der Waals surface area contributed by atoms with Gasteiger partial charge in [-0.05, 0) is 13.0 Å². The molecule has 1 aromatic carbocycles. The van der Waals surface area contributed by atoms with Crippen molar-refractivity contribution < 1.29 is 4.74 Å². The first-order chi connectivity index (χ1) is 7.33. The first-order valence-electron chi connectivity index (χ1n) is 5.42. The van der Waals surface area contributed by atoms with Crippen LogP contribution in [0.25, 0.3) is 0 Å². The molecule has 1 aliphatic heterocycles. The van der Waals surface area contributed by atoms with Crippen molar-refractivity contribution >= 4 is 0 Å². The molecule has 2 N–H and O–H groups in total. The molecule has 3 nitrogen and oxygen atoms in total. The maximum atomic E-state index is 5.38. The van der Waals surface area contributed by atoms with Crippen LogP contribution in [-0.4, -0.2) is 26.2 Å². The number of nitrogens with one attached hydrogen (secondary N) is 2. The summed E-state index contributed by atoms with van der Waals surface area (Å²) >= 11 is 0. The summed E-state index contributed by atoms with van der Waals surface area (Å²) in [6.45, 7) is 4.24. The van der Waals surface area contributed by atoms with Gasteiger partial charge in [0.1, 0.15) is 5.75 Å². The van der Waals surface area contributed by atoms with Gasteiger partial charge >= 0.3 is 0 Å². The van der Waals surface area contributed by atoms with Crippen LogP contribution >= 0.6 is 0 Å². The van der Waals surface area contributed by atoms with Crippen molar-refractivity contribution in [1.82, 2.24) is 10.6 Å². The van der Waals surface area contributed by atoms with Gasteiger partial charge in [-0.2, -0.15) is 0 Å². The number of rotatable bonds is 2. The molecule has 1 fully saturated rings. The first kappa shape index (κ1) is 10.5. The van der Waals surface area contributed by atoms with Gasteiger partial charge in [-0.3, -0.25) is 0 Å². The number of piperazine rings is 1. The van der Waals surface area contributed by atoms with Crippen LogP contribution in [0.3, 0.4) is 0 Å². The predicted octanol–water partition coefficient (Wildman–Crippen LogP) is 1.32. The molecule has 0 radical (unpaired) electrons. The maximum absolute atomic E-state index is 5.38. The molecule has 15 heavy (non-hydrogen) atoms. The van der Waals surface area contributed by atoms with Crippen LogP contribution in [0.15, 0.2) is 24.3 Å². The normalized spacial score (nSPS) is 26.3.